The van der Waals surface area contributed by atoms with Crippen molar-refractivity contribution in [3.63, 3.8) is 0 Å². The molecule has 1 aliphatic heterocycles. The van der Waals surface area contributed by atoms with Gasteiger partial charge < -0.3 is 15.4 Å². The predicted molar refractivity (Wildman–Crippen MR) is 114 cm³/mol. The van der Waals surface area contributed by atoms with Crippen molar-refractivity contribution in [3.05, 3.63) is 58.6 Å². The molecule has 2 heterocycles. The quantitative estimate of drug-likeness (QED) is 0.651. The van der Waals surface area contributed by atoms with E-state index in [1.165, 1.54) is 7.11 Å². The lowest BCUT2D eigenvalue weighted by Crippen LogP contribution is -2.29. The molecule has 3 aromatic rings. The van der Waals surface area contributed by atoms with Crippen LogP contribution in [0.25, 0.3) is 10.9 Å². The van der Waals surface area contributed by atoms with Gasteiger partial charge in [-0.1, -0.05) is 12.5 Å². The van der Waals surface area contributed by atoms with Gasteiger partial charge in [-0.15, -0.1) is 0 Å². The number of aromatic nitrogens is 2. The number of fused-ring (bicyclic) bond motifs is 2. The second kappa shape index (κ2) is 8.36. The molecule has 0 unspecified atom stereocenters. The van der Waals surface area contributed by atoms with Crippen LogP contribution in [0.15, 0.2) is 47.3 Å². The van der Waals surface area contributed by atoms with Gasteiger partial charge in [0.05, 0.1) is 18.0 Å². The van der Waals surface area contributed by atoms with Gasteiger partial charge >= 0.3 is 11.8 Å². The number of amides is 2. The van der Waals surface area contributed by atoms with Crippen molar-refractivity contribution in [2.24, 2.45) is 0 Å². The lowest BCUT2D eigenvalue weighted by Gasteiger charge is -2.11. The molecule has 1 aromatic heterocycles. The topological polar surface area (TPSA) is 102 Å². The first-order valence-electron chi connectivity index (χ1n) is 9.85. The van der Waals surface area contributed by atoms with Gasteiger partial charge in [0.15, 0.2) is 0 Å². The summed E-state index contributed by atoms with van der Waals surface area (Å²) in [6, 6.07) is 11.6. The van der Waals surface area contributed by atoms with Gasteiger partial charge in [0.25, 0.3) is 5.56 Å². The van der Waals surface area contributed by atoms with E-state index in [-0.39, 0.29) is 5.56 Å². The maximum absolute atomic E-state index is 12.9. The number of hydrogen-bond acceptors (Lipinski definition) is 5. The van der Waals surface area contributed by atoms with Crippen LogP contribution in [0.3, 0.4) is 0 Å². The summed E-state index contributed by atoms with van der Waals surface area (Å²) in [7, 11) is 1.52. The molecule has 0 bridgehead atoms. The number of aryl methyl sites for hydroxylation is 1. The average Bonchev–Trinajstić information content (AvgIpc) is 3.00. The lowest BCUT2D eigenvalue weighted by molar-refractivity contribution is -0.132. The summed E-state index contributed by atoms with van der Waals surface area (Å²) in [6.45, 7) is 0.649. The maximum Gasteiger partial charge on any atom is 0.314 e. The molecule has 154 valence electrons. The van der Waals surface area contributed by atoms with E-state index >= 15 is 0 Å². The van der Waals surface area contributed by atoms with E-state index in [4.69, 9.17) is 4.74 Å². The third-order valence-electron chi connectivity index (χ3n) is 5.11. The number of benzene rings is 2. The third kappa shape index (κ3) is 4.03. The van der Waals surface area contributed by atoms with Crippen molar-refractivity contribution in [2.45, 2.75) is 32.2 Å². The van der Waals surface area contributed by atoms with Crippen molar-refractivity contribution in [2.75, 3.05) is 17.7 Å². The van der Waals surface area contributed by atoms with E-state index in [0.29, 0.717) is 34.6 Å². The van der Waals surface area contributed by atoms with E-state index in [9.17, 15) is 14.4 Å². The molecule has 2 aromatic carbocycles. The molecule has 4 rings (SSSR count). The first kappa shape index (κ1) is 19.6. The maximum atomic E-state index is 12.9. The number of methoxy groups -OCH3 is 1. The highest BCUT2D eigenvalue weighted by atomic mass is 16.5. The zero-order chi connectivity index (χ0) is 21.1. The van der Waals surface area contributed by atoms with E-state index in [1.54, 1.807) is 47.0 Å². The zero-order valence-corrected chi connectivity index (χ0v) is 16.6. The Morgan fingerprint density at radius 1 is 1.00 bits per heavy atom. The summed E-state index contributed by atoms with van der Waals surface area (Å²) in [6.07, 6.45) is 3.83. The molecule has 30 heavy (non-hydrogen) atoms. The van der Waals surface area contributed by atoms with Gasteiger partial charge in [-0.2, -0.15) is 0 Å². The first-order valence-corrected chi connectivity index (χ1v) is 9.85. The van der Waals surface area contributed by atoms with Crippen molar-refractivity contribution < 1.29 is 14.3 Å². The highest BCUT2D eigenvalue weighted by molar-refractivity contribution is 6.43. The van der Waals surface area contributed by atoms with Crippen LogP contribution in [0.5, 0.6) is 5.75 Å². The number of carbonyl (C=O) groups excluding carboxylic acids is 2. The number of anilines is 2. The lowest BCUT2D eigenvalue weighted by atomic mass is 10.2. The van der Waals surface area contributed by atoms with Gasteiger partial charge in [0.1, 0.15) is 11.6 Å². The Balaban J connectivity index is 1.54. The van der Waals surface area contributed by atoms with Crippen molar-refractivity contribution >= 4 is 34.1 Å². The monoisotopic (exact) mass is 406 g/mol. The fourth-order valence-electron chi connectivity index (χ4n) is 3.57. The molecule has 1 aliphatic rings. The number of ether oxygens (including phenoxy) is 1. The van der Waals surface area contributed by atoms with Crippen LogP contribution >= 0.6 is 0 Å². The summed E-state index contributed by atoms with van der Waals surface area (Å²) in [5.41, 5.74) is 1.28. The van der Waals surface area contributed by atoms with Crippen LogP contribution in [-0.4, -0.2) is 28.5 Å². The smallest absolute Gasteiger partial charge is 0.314 e. The SMILES string of the molecule is COc1cccc(NC(=O)C(=O)Nc2ccc3nc4n(c(=O)c3c2)CCCCC4)c1. The summed E-state index contributed by atoms with van der Waals surface area (Å²) in [4.78, 5) is 42.1. The molecular weight excluding hydrogens is 384 g/mol. The molecule has 0 spiro atoms. The van der Waals surface area contributed by atoms with Gasteiger partial charge in [-0.3, -0.25) is 19.0 Å². The van der Waals surface area contributed by atoms with Crippen molar-refractivity contribution in [3.8, 4) is 5.75 Å². The zero-order valence-electron chi connectivity index (χ0n) is 16.6. The van der Waals surface area contributed by atoms with Crippen LogP contribution in [0.2, 0.25) is 0 Å². The van der Waals surface area contributed by atoms with E-state index in [2.05, 4.69) is 15.6 Å². The first-order chi connectivity index (χ1) is 14.5. The average molecular weight is 406 g/mol. The third-order valence-corrected chi connectivity index (χ3v) is 5.11. The Labute approximate surface area is 172 Å². The molecule has 8 nitrogen and oxygen atoms in total. The van der Waals surface area contributed by atoms with Gasteiger partial charge in [0, 0.05) is 30.4 Å². The number of rotatable bonds is 3. The Hall–Kier alpha value is -3.68. The Morgan fingerprint density at radius 2 is 1.77 bits per heavy atom. The second-order valence-electron chi connectivity index (χ2n) is 7.17. The summed E-state index contributed by atoms with van der Waals surface area (Å²) in [5, 5.41) is 5.49. The standard InChI is InChI=1S/C22H22N4O4/c1-30-16-7-5-6-14(12-16)23-20(27)21(28)24-15-9-10-18-17(13-15)22(29)26-11-4-2-3-8-19(26)25-18/h5-7,9-10,12-13H,2-4,8,11H2,1H3,(H,23,27)(H,24,28). The second-order valence-corrected chi connectivity index (χ2v) is 7.17. The van der Waals surface area contributed by atoms with Crippen LogP contribution in [0, 0.1) is 0 Å². The number of nitrogens with one attached hydrogen (secondary N) is 2. The van der Waals surface area contributed by atoms with E-state index < -0.39 is 11.8 Å². The van der Waals surface area contributed by atoms with Crippen LogP contribution in [0.4, 0.5) is 11.4 Å². The van der Waals surface area contributed by atoms with Crippen LogP contribution in [0.1, 0.15) is 25.1 Å². The number of hydrogen-bond donors (Lipinski definition) is 2. The molecule has 8 heteroatoms. The highest BCUT2D eigenvalue weighted by Crippen LogP contribution is 2.19. The Morgan fingerprint density at radius 3 is 2.53 bits per heavy atom. The molecular formula is C22H22N4O4. The number of carbonyl (C=O) groups is 2. The minimum absolute atomic E-state index is 0.117. The van der Waals surface area contributed by atoms with E-state index in [1.807, 2.05) is 0 Å². The molecule has 0 atom stereocenters. The number of nitrogens with zero attached hydrogens (tertiary/aromatic N) is 2. The summed E-state index contributed by atoms with van der Waals surface area (Å²) in [5.74, 6) is -0.283. The Bertz CT molecular complexity index is 1190. The molecule has 2 N–H and O–H groups in total. The summed E-state index contributed by atoms with van der Waals surface area (Å²) < 4.78 is 6.82. The largest absolute Gasteiger partial charge is 0.497 e. The van der Waals surface area contributed by atoms with E-state index in [0.717, 1.165) is 31.5 Å². The molecule has 0 saturated carbocycles. The molecule has 0 fully saturated rings. The van der Waals surface area contributed by atoms with Crippen molar-refractivity contribution in [1.82, 2.24) is 9.55 Å². The van der Waals surface area contributed by atoms with Gasteiger partial charge in [0.2, 0.25) is 0 Å². The van der Waals surface area contributed by atoms with Crippen LogP contribution < -0.4 is 20.9 Å². The minimum atomic E-state index is -0.833. The molecule has 2 amide bonds. The summed E-state index contributed by atoms with van der Waals surface area (Å²) >= 11 is 0. The Kier molecular flexibility index (Phi) is 5.47. The molecule has 0 saturated heterocycles. The fraction of sp³-hybridized carbons (Fsp3) is 0.273. The predicted octanol–water partition coefficient (Wildman–Crippen LogP) is 2.71. The van der Waals surface area contributed by atoms with Gasteiger partial charge in [-0.05, 0) is 43.2 Å². The fourth-order valence-corrected chi connectivity index (χ4v) is 3.57. The van der Waals surface area contributed by atoms with Gasteiger partial charge in [-0.25, -0.2) is 4.98 Å². The molecule has 0 aliphatic carbocycles. The van der Waals surface area contributed by atoms with Crippen molar-refractivity contribution in [1.29, 1.82) is 0 Å². The van der Waals surface area contributed by atoms with Crippen LogP contribution in [-0.2, 0) is 22.6 Å². The normalized spacial score (nSPS) is 13.2. The molecule has 0 radical (unpaired) electrons. The highest BCUT2D eigenvalue weighted by Gasteiger charge is 2.17. The minimum Gasteiger partial charge on any atom is -0.497 e.